The normalized spacial score (nSPS) is 20.7. The largest absolute Gasteiger partial charge is 0.368 e. The highest BCUT2D eigenvalue weighted by Crippen LogP contribution is 2.26. The van der Waals surface area contributed by atoms with Crippen molar-refractivity contribution in [3.63, 3.8) is 0 Å². The molecule has 2 fully saturated rings. The summed E-state index contributed by atoms with van der Waals surface area (Å²) < 4.78 is 0. The number of anilines is 1. The maximum absolute atomic E-state index is 13.1. The topological polar surface area (TPSA) is 26.8 Å². The van der Waals surface area contributed by atoms with Crippen LogP contribution in [0.25, 0.3) is 0 Å². The second kappa shape index (κ2) is 9.38. The van der Waals surface area contributed by atoms with Gasteiger partial charge in [0.05, 0.1) is 5.92 Å². The number of para-hydroxylation sites is 1. The van der Waals surface area contributed by atoms with Gasteiger partial charge in [-0.2, -0.15) is 0 Å². The number of piperazine rings is 1. The van der Waals surface area contributed by atoms with Gasteiger partial charge in [-0.25, -0.2) is 0 Å². The lowest BCUT2D eigenvalue weighted by atomic mass is 9.95. The summed E-state index contributed by atoms with van der Waals surface area (Å²) in [6.07, 6.45) is 2.02. The van der Waals surface area contributed by atoms with Crippen molar-refractivity contribution in [2.24, 2.45) is 5.92 Å². The first kappa shape index (κ1) is 20.5. The van der Waals surface area contributed by atoms with Crippen molar-refractivity contribution >= 4 is 34.8 Å². The summed E-state index contributed by atoms with van der Waals surface area (Å²) in [6, 6.07) is 16.1. The van der Waals surface area contributed by atoms with Gasteiger partial charge in [0.15, 0.2) is 0 Å². The lowest BCUT2D eigenvalue weighted by Gasteiger charge is -2.39. The molecule has 0 saturated carbocycles. The Kier molecular flexibility index (Phi) is 6.63. The van der Waals surface area contributed by atoms with Gasteiger partial charge in [-0.3, -0.25) is 9.69 Å². The van der Waals surface area contributed by atoms with Crippen LogP contribution < -0.4 is 4.90 Å². The quantitative estimate of drug-likeness (QED) is 0.709. The molecular weight excluding hydrogens is 405 g/mol. The van der Waals surface area contributed by atoms with Crippen LogP contribution in [0.4, 0.5) is 5.69 Å². The predicted octanol–water partition coefficient (Wildman–Crippen LogP) is 4.55. The number of carbonyl (C=O) groups excluding carboxylic acids is 1. The third kappa shape index (κ3) is 5.06. The first-order valence-electron chi connectivity index (χ1n) is 10.4. The second-order valence-corrected chi connectivity index (χ2v) is 8.80. The third-order valence-corrected chi connectivity index (χ3v) is 6.56. The van der Waals surface area contributed by atoms with Gasteiger partial charge in [0, 0.05) is 55.0 Å². The Bertz CT molecular complexity index is 837. The lowest BCUT2D eigenvalue weighted by molar-refractivity contribution is -0.137. The van der Waals surface area contributed by atoms with E-state index in [1.54, 1.807) is 6.07 Å². The van der Waals surface area contributed by atoms with Crippen molar-refractivity contribution in [2.75, 3.05) is 44.2 Å². The number of hydrogen-bond donors (Lipinski definition) is 0. The number of amides is 1. The molecule has 2 heterocycles. The Morgan fingerprint density at radius 3 is 2.45 bits per heavy atom. The fraction of sp³-hybridized carbons (Fsp3) is 0.435. The van der Waals surface area contributed by atoms with Gasteiger partial charge in [-0.1, -0.05) is 47.5 Å². The molecule has 1 amide bonds. The number of nitrogens with zero attached hydrogens (tertiary/aromatic N) is 3. The van der Waals surface area contributed by atoms with Gasteiger partial charge < -0.3 is 9.80 Å². The molecule has 0 N–H and O–H groups in total. The zero-order valence-electron chi connectivity index (χ0n) is 16.6. The molecule has 2 aromatic rings. The molecule has 29 heavy (non-hydrogen) atoms. The average Bonchev–Trinajstić information content (AvgIpc) is 2.76. The molecule has 0 aromatic heterocycles. The van der Waals surface area contributed by atoms with Crippen LogP contribution in [0.1, 0.15) is 18.4 Å². The fourth-order valence-electron chi connectivity index (χ4n) is 4.37. The van der Waals surface area contributed by atoms with Crippen molar-refractivity contribution in [1.29, 1.82) is 0 Å². The van der Waals surface area contributed by atoms with E-state index in [-0.39, 0.29) is 5.92 Å². The molecule has 6 heteroatoms. The molecule has 154 valence electrons. The molecular formula is C23H27Cl2N3O. The minimum atomic E-state index is 0.0816. The molecule has 0 radical (unpaired) electrons. The third-order valence-electron chi connectivity index (χ3n) is 5.98. The van der Waals surface area contributed by atoms with Crippen LogP contribution in [0, 0.1) is 5.92 Å². The van der Waals surface area contributed by atoms with Crippen molar-refractivity contribution in [1.82, 2.24) is 9.80 Å². The zero-order valence-corrected chi connectivity index (χ0v) is 18.1. The maximum Gasteiger partial charge on any atom is 0.227 e. The van der Waals surface area contributed by atoms with E-state index in [1.807, 2.05) is 18.2 Å². The summed E-state index contributed by atoms with van der Waals surface area (Å²) in [5.41, 5.74) is 2.31. The highest BCUT2D eigenvalue weighted by molar-refractivity contribution is 6.35. The molecule has 1 atom stereocenters. The molecule has 0 bridgehead atoms. The Morgan fingerprint density at radius 1 is 0.966 bits per heavy atom. The van der Waals surface area contributed by atoms with Gasteiger partial charge in [0.1, 0.15) is 0 Å². The van der Waals surface area contributed by atoms with Crippen LogP contribution in [0.15, 0.2) is 48.5 Å². The SMILES string of the molecule is O=C([C@@H]1CCCN(Cc2ccc(Cl)cc2Cl)C1)N1CCN(c2ccccc2)CC1. The van der Waals surface area contributed by atoms with Crippen molar-refractivity contribution in [2.45, 2.75) is 19.4 Å². The van der Waals surface area contributed by atoms with E-state index in [0.717, 1.165) is 64.2 Å². The fourth-order valence-corrected chi connectivity index (χ4v) is 4.84. The number of piperidine rings is 1. The highest BCUT2D eigenvalue weighted by atomic mass is 35.5. The van der Waals surface area contributed by atoms with Crippen LogP contribution >= 0.6 is 23.2 Å². The Hall–Kier alpha value is -1.75. The van der Waals surface area contributed by atoms with E-state index < -0.39 is 0 Å². The van der Waals surface area contributed by atoms with Crippen LogP contribution in [-0.4, -0.2) is 55.0 Å². The number of hydrogen-bond acceptors (Lipinski definition) is 3. The number of carbonyl (C=O) groups is 1. The Balaban J connectivity index is 1.32. The molecule has 2 aliphatic rings. The molecule has 0 aliphatic carbocycles. The molecule has 0 spiro atoms. The number of halogens is 2. The molecule has 4 rings (SSSR count). The average molecular weight is 432 g/mol. The maximum atomic E-state index is 13.1. The predicted molar refractivity (Wildman–Crippen MR) is 120 cm³/mol. The summed E-state index contributed by atoms with van der Waals surface area (Å²) in [4.78, 5) is 19.9. The van der Waals surface area contributed by atoms with Crippen molar-refractivity contribution in [3.8, 4) is 0 Å². The summed E-state index contributed by atoms with van der Waals surface area (Å²) >= 11 is 12.4. The molecule has 0 unspecified atom stereocenters. The smallest absolute Gasteiger partial charge is 0.227 e. The monoisotopic (exact) mass is 431 g/mol. The molecule has 4 nitrogen and oxygen atoms in total. The van der Waals surface area contributed by atoms with E-state index >= 15 is 0 Å². The first-order chi connectivity index (χ1) is 14.1. The van der Waals surface area contributed by atoms with E-state index in [9.17, 15) is 4.79 Å². The van der Waals surface area contributed by atoms with Crippen LogP contribution in [0.2, 0.25) is 10.0 Å². The number of rotatable bonds is 4. The van der Waals surface area contributed by atoms with Crippen molar-refractivity contribution in [3.05, 3.63) is 64.1 Å². The lowest BCUT2D eigenvalue weighted by Crippen LogP contribution is -2.52. The van der Waals surface area contributed by atoms with E-state index in [4.69, 9.17) is 23.2 Å². The standard InChI is InChI=1S/C23H27Cl2N3O/c24-20-9-8-18(22(25)15-20)16-26-10-4-5-19(17-26)23(29)28-13-11-27(12-14-28)21-6-2-1-3-7-21/h1-3,6-9,15,19H,4-5,10-14,16-17H2/t19-/m1/s1. The highest BCUT2D eigenvalue weighted by Gasteiger charge is 2.31. The number of likely N-dealkylation sites (tertiary alicyclic amines) is 1. The van der Waals surface area contributed by atoms with Gasteiger partial charge in [-0.05, 0) is 49.2 Å². The van der Waals surface area contributed by atoms with E-state index in [2.05, 4.69) is 39.0 Å². The minimum Gasteiger partial charge on any atom is -0.368 e. The Morgan fingerprint density at radius 2 is 1.72 bits per heavy atom. The van der Waals surface area contributed by atoms with E-state index in [0.29, 0.717) is 16.0 Å². The van der Waals surface area contributed by atoms with Gasteiger partial charge in [-0.15, -0.1) is 0 Å². The summed E-state index contributed by atoms with van der Waals surface area (Å²) in [6.45, 7) is 5.96. The van der Waals surface area contributed by atoms with Gasteiger partial charge >= 0.3 is 0 Å². The zero-order chi connectivity index (χ0) is 20.2. The van der Waals surface area contributed by atoms with Gasteiger partial charge in [0.2, 0.25) is 5.91 Å². The summed E-state index contributed by atoms with van der Waals surface area (Å²) in [5, 5.41) is 1.35. The molecule has 2 saturated heterocycles. The van der Waals surface area contributed by atoms with E-state index in [1.165, 1.54) is 5.69 Å². The van der Waals surface area contributed by atoms with Crippen molar-refractivity contribution < 1.29 is 4.79 Å². The van der Waals surface area contributed by atoms with Crippen LogP contribution in [0.5, 0.6) is 0 Å². The van der Waals surface area contributed by atoms with Crippen LogP contribution in [0.3, 0.4) is 0 Å². The summed E-state index contributed by atoms with van der Waals surface area (Å²) in [5.74, 6) is 0.391. The second-order valence-electron chi connectivity index (χ2n) is 7.96. The number of benzene rings is 2. The first-order valence-corrected chi connectivity index (χ1v) is 11.1. The molecule has 2 aliphatic heterocycles. The Labute approximate surface area is 183 Å². The molecule has 2 aromatic carbocycles. The van der Waals surface area contributed by atoms with Gasteiger partial charge in [0.25, 0.3) is 0 Å². The summed E-state index contributed by atoms with van der Waals surface area (Å²) in [7, 11) is 0. The van der Waals surface area contributed by atoms with Crippen LogP contribution in [-0.2, 0) is 11.3 Å². The minimum absolute atomic E-state index is 0.0816.